The molecule has 0 amide bonds. The van der Waals surface area contributed by atoms with E-state index < -0.39 is 12.5 Å². The first kappa shape index (κ1) is 10.3. The molecule has 0 bridgehead atoms. The van der Waals surface area contributed by atoms with E-state index in [9.17, 15) is 13.2 Å². The van der Waals surface area contributed by atoms with E-state index in [0.29, 0.717) is 6.26 Å². The van der Waals surface area contributed by atoms with Gasteiger partial charge >= 0.3 is 12.5 Å². The summed E-state index contributed by atoms with van der Waals surface area (Å²) < 4.78 is 44.2. The van der Waals surface area contributed by atoms with Crippen LogP contribution in [-0.2, 0) is 9.47 Å². The van der Waals surface area contributed by atoms with Gasteiger partial charge in [-0.1, -0.05) is 6.58 Å². The zero-order valence-corrected chi connectivity index (χ0v) is 6.02. The Kier molecular flexibility index (Phi) is 3.95. The zero-order chi connectivity index (χ0) is 8.91. The lowest BCUT2D eigenvalue weighted by atomic mass is 10.6. The summed E-state index contributed by atoms with van der Waals surface area (Å²) in [6, 6.07) is 0. The summed E-state index contributed by atoms with van der Waals surface area (Å²) in [5.74, 6) is 0. The largest absolute Gasteiger partial charge is 0.455 e. The van der Waals surface area contributed by atoms with Gasteiger partial charge in [-0.05, 0) is 6.92 Å². The monoisotopic (exact) mass is 170 g/mol. The van der Waals surface area contributed by atoms with Crippen molar-refractivity contribution in [3.63, 3.8) is 0 Å². The molecule has 1 atom stereocenters. The highest BCUT2D eigenvalue weighted by Gasteiger charge is 2.43. The van der Waals surface area contributed by atoms with Crippen molar-refractivity contribution in [2.24, 2.45) is 0 Å². The van der Waals surface area contributed by atoms with Gasteiger partial charge in [-0.15, -0.1) is 0 Å². The first-order valence-electron chi connectivity index (χ1n) is 2.96. The molecule has 0 spiro atoms. The van der Waals surface area contributed by atoms with E-state index in [-0.39, 0.29) is 6.61 Å². The maximum Gasteiger partial charge on any atom is 0.455 e. The molecule has 11 heavy (non-hydrogen) atoms. The van der Waals surface area contributed by atoms with Crippen molar-refractivity contribution in [1.82, 2.24) is 0 Å². The Balaban J connectivity index is 3.93. The van der Waals surface area contributed by atoms with E-state index in [1.54, 1.807) is 0 Å². The molecule has 1 unspecified atom stereocenters. The van der Waals surface area contributed by atoms with Crippen molar-refractivity contribution in [3.05, 3.63) is 12.8 Å². The van der Waals surface area contributed by atoms with Gasteiger partial charge in [0.1, 0.15) is 0 Å². The predicted octanol–water partition coefficient (Wildman–Crippen LogP) is 2.07. The van der Waals surface area contributed by atoms with Crippen molar-refractivity contribution >= 4 is 0 Å². The Morgan fingerprint density at radius 1 is 1.64 bits per heavy atom. The molecule has 5 heteroatoms. The van der Waals surface area contributed by atoms with E-state index in [4.69, 9.17) is 0 Å². The molecule has 0 aliphatic heterocycles. The molecule has 0 aliphatic carbocycles. The predicted molar refractivity (Wildman–Crippen MR) is 32.8 cm³/mol. The van der Waals surface area contributed by atoms with Gasteiger partial charge in [-0.2, -0.15) is 8.78 Å². The third-order valence-corrected chi connectivity index (χ3v) is 0.818. The van der Waals surface area contributed by atoms with Crippen molar-refractivity contribution < 1.29 is 22.6 Å². The number of halogens is 3. The number of rotatable bonds is 5. The maximum atomic E-state index is 12.2. The molecule has 0 aromatic carbocycles. The van der Waals surface area contributed by atoms with Gasteiger partial charge < -0.3 is 9.47 Å². The minimum absolute atomic E-state index is 0.142. The topological polar surface area (TPSA) is 18.5 Å². The summed E-state index contributed by atoms with van der Waals surface area (Å²) in [5.41, 5.74) is 0. The van der Waals surface area contributed by atoms with Crippen LogP contribution in [0.2, 0.25) is 0 Å². The van der Waals surface area contributed by atoms with E-state index in [1.807, 2.05) is 0 Å². The highest BCUT2D eigenvalue weighted by atomic mass is 19.3. The molecule has 0 N–H and O–H groups in total. The van der Waals surface area contributed by atoms with E-state index in [2.05, 4.69) is 16.1 Å². The fourth-order valence-corrected chi connectivity index (χ4v) is 0.408. The normalized spacial score (nSPS) is 14.2. The lowest BCUT2D eigenvalue weighted by Gasteiger charge is -2.18. The number of hydrogen-bond acceptors (Lipinski definition) is 2. The summed E-state index contributed by atoms with van der Waals surface area (Å²) in [6.07, 6.45) is -6.23. The molecule has 0 saturated carbocycles. The number of alkyl halides is 3. The average Bonchev–Trinajstić information content (AvgIpc) is 1.88. The Labute approximate surface area is 62.6 Å². The highest BCUT2D eigenvalue weighted by Crippen LogP contribution is 2.23. The lowest BCUT2D eigenvalue weighted by Crippen LogP contribution is -2.33. The zero-order valence-electron chi connectivity index (χ0n) is 6.02. The van der Waals surface area contributed by atoms with Gasteiger partial charge in [0, 0.05) is 6.61 Å². The van der Waals surface area contributed by atoms with Crippen molar-refractivity contribution in [3.8, 4) is 0 Å². The number of ether oxygens (including phenoxy) is 2. The second-order valence-electron chi connectivity index (χ2n) is 1.62. The summed E-state index contributed by atoms with van der Waals surface area (Å²) in [6.45, 7) is 4.12. The van der Waals surface area contributed by atoms with Crippen LogP contribution in [0.15, 0.2) is 12.8 Å². The molecule has 0 rings (SSSR count). The van der Waals surface area contributed by atoms with Gasteiger partial charge in [0.05, 0.1) is 6.26 Å². The minimum atomic E-state index is -3.95. The Morgan fingerprint density at radius 2 is 2.18 bits per heavy atom. The van der Waals surface area contributed by atoms with Crippen LogP contribution < -0.4 is 0 Å². The van der Waals surface area contributed by atoms with Crippen LogP contribution in [0.1, 0.15) is 6.92 Å². The van der Waals surface area contributed by atoms with Gasteiger partial charge in [0.25, 0.3) is 0 Å². The fraction of sp³-hybridized carbons (Fsp3) is 0.667. The minimum Gasteiger partial charge on any atom is -0.437 e. The smallest absolute Gasteiger partial charge is 0.437 e. The van der Waals surface area contributed by atoms with Crippen LogP contribution in [0.3, 0.4) is 0 Å². The molecule has 0 saturated heterocycles. The van der Waals surface area contributed by atoms with Crippen molar-refractivity contribution in [2.45, 2.75) is 19.4 Å². The maximum absolute atomic E-state index is 12.2. The Hall–Kier alpha value is -0.710. The van der Waals surface area contributed by atoms with Crippen LogP contribution >= 0.6 is 0 Å². The fourth-order valence-electron chi connectivity index (χ4n) is 0.408. The van der Waals surface area contributed by atoms with E-state index in [0.717, 1.165) is 0 Å². The summed E-state index contributed by atoms with van der Waals surface area (Å²) >= 11 is 0. The summed E-state index contributed by atoms with van der Waals surface area (Å²) in [7, 11) is 0. The molecule has 2 nitrogen and oxygen atoms in total. The molecule has 0 aromatic rings. The SMILES string of the molecule is C=COC(F)(F)C(F)OCC. The first-order chi connectivity index (χ1) is 5.04. The van der Waals surface area contributed by atoms with Crippen LogP contribution in [-0.4, -0.2) is 19.1 Å². The Bertz CT molecular complexity index is 127. The van der Waals surface area contributed by atoms with E-state index in [1.165, 1.54) is 6.92 Å². The molecular weight excluding hydrogens is 161 g/mol. The third kappa shape index (κ3) is 3.27. The molecule has 0 aliphatic rings. The Morgan fingerprint density at radius 3 is 2.55 bits per heavy atom. The molecule has 0 fully saturated rings. The molecule has 66 valence electrons. The van der Waals surface area contributed by atoms with Crippen molar-refractivity contribution in [1.29, 1.82) is 0 Å². The van der Waals surface area contributed by atoms with Crippen LogP contribution in [0.5, 0.6) is 0 Å². The number of hydrogen-bond donors (Lipinski definition) is 0. The van der Waals surface area contributed by atoms with E-state index >= 15 is 0 Å². The second-order valence-corrected chi connectivity index (χ2v) is 1.62. The molecule has 0 radical (unpaired) electrons. The average molecular weight is 170 g/mol. The third-order valence-electron chi connectivity index (χ3n) is 0.818. The lowest BCUT2D eigenvalue weighted by molar-refractivity contribution is -0.307. The quantitative estimate of drug-likeness (QED) is 0.588. The van der Waals surface area contributed by atoms with Crippen LogP contribution in [0.4, 0.5) is 13.2 Å². The van der Waals surface area contributed by atoms with Gasteiger partial charge in [-0.3, -0.25) is 0 Å². The molecular formula is C6H9F3O2. The first-order valence-corrected chi connectivity index (χ1v) is 2.96. The second kappa shape index (κ2) is 4.23. The summed E-state index contributed by atoms with van der Waals surface area (Å²) in [5, 5.41) is 0. The standard InChI is InChI=1S/C6H9F3O2/c1-3-10-5(7)6(8,9)11-4-2/h4-5H,2-3H2,1H3. The van der Waals surface area contributed by atoms with Gasteiger partial charge in [-0.25, -0.2) is 4.39 Å². The highest BCUT2D eigenvalue weighted by molar-refractivity contribution is 4.62. The molecule has 0 heterocycles. The van der Waals surface area contributed by atoms with Crippen molar-refractivity contribution in [2.75, 3.05) is 6.61 Å². The van der Waals surface area contributed by atoms with Gasteiger partial charge in [0.15, 0.2) is 0 Å². The van der Waals surface area contributed by atoms with Crippen LogP contribution in [0, 0.1) is 0 Å². The van der Waals surface area contributed by atoms with Gasteiger partial charge in [0.2, 0.25) is 0 Å². The molecule has 0 aromatic heterocycles. The summed E-state index contributed by atoms with van der Waals surface area (Å²) in [4.78, 5) is 0. The van der Waals surface area contributed by atoms with Crippen LogP contribution in [0.25, 0.3) is 0 Å².